The van der Waals surface area contributed by atoms with Crippen molar-refractivity contribution in [3.63, 3.8) is 0 Å². The van der Waals surface area contributed by atoms with Gasteiger partial charge < -0.3 is 30.3 Å². The Morgan fingerprint density at radius 2 is 1.73 bits per heavy atom. The van der Waals surface area contributed by atoms with E-state index in [1.807, 2.05) is 0 Å². The number of piperidine rings is 2. The van der Waals surface area contributed by atoms with Crippen molar-refractivity contribution in [3.8, 4) is 5.75 Å². The van der Waals surface area contributed by atoms with Crippen LogP contribution in [-0.4, -0.2) is 82.4 Å². The van der Waals surface area contributed by atoms with E-state index in [1.165, 1.54) is 18.9 Å². The van der Waals surface area contributed by atoms with Gasteiger partial charge in [-0.05, 0) is 61.3 Å². The van der Waals surface area contributed by atoms with Crippen molar-refractivity contribution >= 4 is 44.9 Å². The molecule has 1 aromatic carbocycles. The van der Waals surface area contributed by atoms with Gasteiger partial charge in [-0.25, -0.2) is 22.2 Å². The minimum absolute atomic E-state index is 0.124. The van der Waals surface area contributed by atoms with Gasteiger partial charge in [-0.2, -0.15) is 0 Å². The van der Waals surface area contributed by atoms with Crippen LogP contribution in [0.1, 0.15) is 68.3 Å². The third-order valence-electron chi connectivity index (χ3n) is 9.91. The molecular weight excluding hydrogens is 646 g/mol. The predicted molar refractivity (Wildman–Crippen MR) is 179 cm³/mol. The van der Waals surface area contributed by atoms with E-state index in [0.29, 0.717) is 41.3 Å². The number of esters is 1. The molecule has 2 saturated heterocycles. The molecule has 1 amide bonds. The van der Waals surface area contributed by atoms with Gasteiger partial charge in [-0.3, -0.25) is 14.3 Å². The molecule has 12 nitrogen and oxygen atoms in total. The van der Waals surface area contributed by atoms with Crippen molar-refractivity contribution in [1.29, 1.82) is 0 Å². The first kappa shape index (κ1) is 34.2. The number of halogens is 2. The van der Waals surface area contributed by atoms with Gasteiger partial charge in [-0.1, -0.05) is 13.8 Å². The van der Waals surface area contributed by atoms with Crippen molar-refractivity contribution in [2.75, 3.05) is 65.0 Å². The van der Waals surface area contributed by atoms with Gasteiger partial charge in [0.05, 0.1) is 23.5 Å². The normalized spacial score (nSPS) is 20.2. The lowest BCUT2D eigenvalue weighted by Crippen LogP contribution is -2.40. The molecule has 0 unspecified atom stereocenters. The molecule has 15 heteroatoms. The van der Waals surface area contributed by atoms with Crippen LogP contribution in [0, 0.1) is 11.3 Å². The molecule has 0 radical (unpaired) electrons. The molecule has 4 N–H and O–H groups in total. The van der Waals surface area contributed by atoms with Gasteiger partial charge in [0.25, 0.3) is 11.8 Å². The Balaban J connectivity index is 1.20. The number of benzene rings is 1. The van der Waals surface area contributed by atoms with Crippen LogP contribution < -0.4 is 30.3 Å². The third-order valence-corrected chi connectivity index (χ3v) is 11.2. The largest absolute Gasteiger partial charge is 0.489 e. The van der Waals surface area contributed by atoms with Crippen LogP contribution in [0.15, 0.2) is 24.3 Å². The Morgan fingerprint density at radius 3 is 2.40 bits per heavy atom. The van der Waals surface area contributed by atoms with Gasteiger partial charge in [0, 0.05) is 51.0 Å². The number of hydrogen-bond acceptors (Lipinski definition) is 10. The number of amides is 1. The van der Waals surface area contributed by atoms with E-state index in [2.05, 4.69) is 19.9 Å². The van der Waals surface area contributed by atoms with Crippen molar-refractivity contribution in [3.05, 3.63) is 35.4 Å². The number of rotatable bonds is 11. The summed E-state index contributed by atoms with van der Waals surface area (Å²) in [5.41, 5.74) is 8.21. The number of nitrogens with two attached hydrogens (primary N) is 1. The Hall–Kier alpha value is -3.72. The Kier molecular flexibility index (Phi) is 9.46. The van der Waals surface area contributed by atoms with Crippen molar-refractivity contribution in [2.24, 2.45) is 17.1 Å². The summed E-state index contributed by atoms with van der Waals surface area (Å²) in [6.07, 6.45) is 4.41. The van der Waals surface area contributed by atoms with E-state index < -0.39 is 39.6 Å². The zero-order valence-electron chi connectivity index (χ0n) is 27.4. The van der Waals surface area contributed by atoms with Crippen LogP contribution in [0.5, 0.6) is 5.75 Å². The molecule has 262 valence electrons. The molecule has 48 heavy (non-hydrogen) atoms. The van der Waals surface area contributed by atoms with E-state index in [4.69, 9.17) is 15.2 Å². The van der Waals surface area contributed by atoms with Gasteiger partial charge in [0.1, 0.15) is 24.2 Å². The summed E-state index contributed by atoms with van der Waals surface area (Å²) < 4.78 is 67.1. The quantitative estimate of drug-likeness (QED) is 0.293. The monoisotopic (exact) mass is 690 g/mol. The van der Waals surface area contributed by atoms with E-state index in [9.17, 15) is 26.8 Å². The Morgan fingerprint density at radius 1 is 1.04 bits per heavy atom. The zero-order valence-corrected chi connectivity index (χ0v) is 28.2. The second-order valence-corrected chi connectivity index (χ2v) is 15.6. The zero-order chi connectivity index (χ0) is 34.3. The molecular formula is C33H44F2N6O6S. The highest BCUT2D eigenvalue weighted by molar-refractivity contribution is 7.92. The van der Waals surface area contributed by atoms with Gasteiger partial charge in [0.2, 0.25) is 10.0 Å². The molecule has 1 aliphatic carbocycles. The number of nitrogens with zero attached hydrogens (tertiary/aromatic N) is 3. The number of ether oxygens (including phenoxy) is 2. The molecule has 1 spiro atoms. The number of anilines is 4. The minimum Gasteiger partial charge on any atom is -0.489 e. The number of fused-ring (bicyclic) bond motifs is 1. The molecule has 3 aliphatic heterocycles. The molecule has 2 aromatic rings. The second-order valence-electron chi connectivity index (χ2n) is 13.8. The van der Waals surface area contributed by atoms with Gasteiger partial charge >= 0.3 is 5.97 Å². The van der Waals surface area contributed by atoms with Crippen molar-refractivity contribution in [1.82, 2.24) is 4.98 Å². The van der Waals surface area contributed by atoms with Crippen LogP contribution in [0.3, 0.4) is 0 Å². The lowest BCUT2D eigenvalue weighted by molar-refractivity contribution is -0.145. The van der Waals surface area contributed by atoms with Crippen LogP contribution in [0.2, 0.25) is 0 Å². The highest BCUT2D eigenvalue weighted by Gasteiger charge is 2.45. The highest BCUT2D eigenvalue weighted by Crippen LogP contribution is 2.54. The maximum Gasteiger partial charge on any atom is 0.323 e. The minimum atomic E-state index is -3.90. The first-order chi connectivity index (χ1) is 22.7. The smallest absolute Gasteiger partial charge is 0.323 e. The van der Waals surface area contributed by atoms with Gasteiger partial charge in [0.15, 0.2) is 11.6 Å². The van der Waals surface area contributed by atoms with E-state index >= 15 is 0 Å². The summed E-state index contributed by atoms with van der Waals surface area (Å²) in [5.74, 6) is -3.11. The molecule has 1 saturated carbocycles. The maximum atomic E-state index is 13.9. The number of nitrogens with one attached hydrogen (secondary N) is 2. The van der Waals surface area contributed by atoms with Crippen molar-refractivity contribution in [2.45, 2.75) is 70.8 Å². The average molecular weight is 691 g/mol. The lowest BCUT2D eigenvalue weighted by Gasteiger charge is -2.35. The fraction of sp³-hybridized carbons (Fsp3) is 0.606. The number of pyridine rings is 1. The average Bonchev–Trinajstić information content (AvgIpc) is 3.61. The molecule has 3 fully saturated rings. The summed E-state index contributed by atoms with van der Waals surface area (Å²) >= 11 is 0. The summed E-state index contributed by atoms with van der Waals surface area (Å²) in [4.78, 5) is 34.5. The SMILES string of the molecule is CC(C)[C@H](N)C(=O)OCCS(=O)(=O)Nc1ccc(C(=O)Nc2cc3c(c(N4CCC(F)(F)CC4)n2)OCC3)c(N2CCC3(CC2)CC3)c1. The molecule has 4 aliphatic rings. The van der Waals surface area contributed by atoms with E-state index in [-0.39, 0.29) is 50.0 Å². The number of aromatic nitrogens is 1. The summed E-state index contributed by atoms with van der Waals surface area (Å²) in [6, 6.07) is 5.66. The summed E-state index contributed by atoms with van der Waals surface area (Å²) in [5, 5.41) is 2.91. The van der Waals surface area contributed by atoms with E-state index in [0.717, 1.165) is 31.5 Å². The fourth-order valence-corrected chi connectivity index (χ4v) is 7.37. The summed E-state index contributed by atoms with van der Waals surface area (Å²) in [6.45, 7) is 5.33. The van der Waals surface area contributed by atoms with Crippen LogP contribution >= 0.6 is 0 Å². The van der Waals surface area contributed by atoms with Crippen LogP contribution in [0.25, 0.3) is 0 Å². The third kappa shape index (κ3) is 7.77. The first-order valence-corrected chi connectivity index (χ1v) is 18.3. The lowest BCUT2D eigenvalue weighted by atomic mass is 9.93. The predicted octanol–water partition coefficient (Wildman–Crippen LogP) is 4.15. The molecule has 1 aromatic heterocycles. The van der Waals surface area contributed by atoms with Crippen LogP contribution in [-0.2, 0) is 26.0 Å². The van der Waals surface area contributed by atoms with Crippen molar-refractivity contribution < 1.29 is 36.3 Å². The molecule has 4 heterocycles. The molecule has 6 rings (SSSR count). The Labute approximate surface area is 279 Å². The molecule has 0 bridgehead atoms. The Bertz CT molecular complexity index is 1650. The number of carbonyl (C=O) groups excluding carboxylic acids is 2. The number of alkyl halides is 2. The fourth-order valence-electron chi connectivity index (χ4n) is 6.48. The van der Waals surface area contributed by atoms with E-state index in [1.54, 1.807) is 36.9 Å². The molecule has 1 atom stereocenters. The number of carbonyl (C=O) groups is 2. The first-order valence-electron chi connectivity index (χ1n) is 16.7. The highest BCUT2D eigenvalue weighted by atomic mass is 32.2. The van der Waals surface area contributed by atoms with Crippen LogP contribution in [0.4, 0.5) is 31.8 Å². The maximum absolute atomic E-state index is 13.9. The number of hydrogen-bond donors (Lipinski definition) is 3. The topological polar surface area (TPSA) is 156 Å². The number of sulfonamides is 1. The second kappa shape index (κ2) is 13.3. The van der Waals surface area contributed by atoms with Gasteiger partial charge in [-0.15, -0.1) is 0 Å². The summed E-state index contributed by atoms with van der Waals surface area (Å²) in [7, 11) is -3.90. The standard InChI is InChI=1S/C33H44F2N6O6S/c1-21(2)27(36)31(43)47-17-18-48(44,45)39-23-3-4-24(25(20-23)40-12-8-32(6-7-32)9-13-40)30(42)38-26-19-22-5-16-46-28(22)29(37-26)41-14-10-33(34,35)11-15-41/h3-4,19-21,27,39H,5-18,36H2,1-2H3,(H,37,38,42)/t27-/m0/s1.